The third kappa shape index (κ3) is 5.49. The van der Waals surface area contributed by atoms with Crippen LogP contribution < -0.4 is 10.1 Å². The lowest BCUT2D eigenvalue weighted by atomic mass is 10.2. The summed E-state index contributed by atoms with van der Waals surface area (Å²) in [5, 5.41) is 3.16. The van der Waals surface area contributed by atoms with Gasteiger partial charge in [0.15, 0.2) is 0 Å². The molecule has 0 aliphatic carbocycles. The summed E-state index contributed by atoms with van der Waals surface area (Å²) in [6, 6.07) is 1.75. The standard InChI is InChI=1S/C12H21N3O2/c1-9(2)17-11-5-6-13-12(15-11)14-7-10(3)8-16-4/h5-6,9-10H,7-8H2,1-4H3,(H,13,14,15). The summed E-state index contributed by atoms with van der Waals surface area (Å²) in [5.74, 6) is 1.60. The minimum Gasteiger partial charge on any atom is -0.475 e. The van der Waals surface area contributed by atoms with Crippen molar-refractivity contribution in [1.82, 2.24) is 9.97 Å². The number of ether oxygens (including phenoxy) is 2. The monoisotopic (exact) mass is 239 g/mol. The van der Waals surface area contributed by atoms with E-state index in [9.17, 15) is 0 Å². The SMILES string of the molecule is COCC(C)CNc1nccc(OC(C)C)n1. The van der Waals surface area contributed by atoms with Crippen LogP contribution in [0.2, 0.25) is 0 Å². The van der Waals surface area contributed by atoms with Crippen LogP contribution in [0.15, 0.2) is 12.3 Å². The van der Waals surface area contributed by atoms with Gasteiger partial charge in [-0.25, -0.2) is 4.98 Å². The first-order valence-corrected chi connectivity index (χ1v) is 5.84. The lowest BCUT2D eigenvalue weighted by Crippen LogP contribution is -2.17. The molecule has 0 aliphatic rings. The Bertz CT molecular complexity index is 331. The quantitative estimate of drug-likeness (QED) is 0.788. The molecule has 17 heavy (non-hydrogen) atoms. The van der Waals surface area contributed by atoms with Crippen molar-refractivity contribution in [2.24, 2.45) is 5.92 Å². The third-order valence-electron chi connectivity index (χ3n) is 2.05. The molecule has 5 heteroatoms. The molecule has 0 fully saturated rings. The topological polar surface area (TPSA) is 56.3 Å². The summed E-state index contributed by atoms with van der Waals surface area (Å²) in [4.78, 5) is 8.40. The van der Waals surface area contributed by atoms with E-state index < -0.39 is 0 Å². The molecule has 1 heterocycles. The number of methoxy groups -OCH3 is 1. The van der Waals surface area contributed by atoms with E-state index in [0.29, 0.717) is 17.7 Å². The van der Waals surface area contributed by atoms with Crippen LogP contribution in [0, 0.1) is 5.92 Å². The van der Waals surface area contributed by atoms with Crippen LogP contribution >= 0.6 is 0 Å². The highest BCUT2D eigenvalue weighted by Crippen LogP contribution is 2.10. The molecule has 0 saturated heterocycles. The van der Waals surface area contributed by atoms with Crippen LogP contribution in [0.25, 0.3) is 0 Å². The fourth-order valence-corrected chi connectivity index (χ4v) is 1.34. The zero-order valence-electron chi connectivity index (χ0n) is 10.9. The van der Waals surface area contributed by atoms with Crippen LogP contribution in [0.4, 0.5) is 5.95 Å². The smallest absolute Gasteiger partial charge is 0.225 e. The Morgan fingerprint density at radius 3 is 2.76 bits per heavy atom. The highest BCUT2D eigenvalue weighted by Gasteiger charge is 2.04. The van der Waals surface area contributed by atoms with Gasteiger partial charge in [-0.2, -0.15) is 4.98 Å². The summed E-state index contributed by atoms with van der Waals surface area (Å²) in [5.41, 5.74) is 0. The summed E-state index contributed by atoms with van der Waals surface area (Å²) < 4.78 is 10.6. The molecular formula is C12H21N3O2. The molecule has 1 unspecified atom stereocenters. The fourth-order valence-electron chi connectivity index (χ4n) is 1.34. The van der Waals surface area contributed by atoms with Crippen molar-refractivity contribution in [2.75, 3.05) is 25.6 Å². The van der Waals surface area contributed by atoms with Crippen LogP contribution in [0.3, 0.4) is 0 Å². The lowest BCUT2D eigenvalue weighted by molar-refractivity contribution is 0.164. The van der Waals surface area contributed by atoms with Gasteiger partial charge in [0.2, 0.25) is 11.8 Å². The van der Waals surface area contributed by atoms with Crippen LogP contribution in [-0.4, -0.2) is 36.3 Å². The van der Waals surface area contributed by atoms with Crippen molar-refractivity contribution in [1.29, 1.82) is 0 Å². The zero-order chi connectivity index (χ0) is 12.7. The van der Waals surface area contributed by atoms with Gasteiger partial charge in [0.25, 0.3) is 0 Å². The Hall–Kier alpha value is -1.36. The van der Waals surface area contributed by atoms with E-state index >= 15 is 0 Å². The summed E-state index contributed by atoms with van der Waals surface area (Å²) >= 11 is 0. The molecular weight excluding hydrogens is 218 g/mol. The minimum atomic E-state index is 0.116. The Morgan fingerprint density at radius 2 is 2.12 bits per heavy atom. The molecule has 96 valence electrons. The largest absolute Gasteiger partial charge is 0.475 e. The zero-order valence-corrected chi connectivity index (χ0v) is 10.9. The predicted octanol–water partition coefficient (Wildman–Crippen LogP) is 1.96. The number of nitrogens with zero attached hydrogens (tertiary/aromatic N) is 2. The summed E-state index contributed by atoms with van der Waals surface area (Å²) in [6.07, 6.45) is 1.80. The second-order valence-electron chi connectivity index (χ2n) is 4.33. The number of anilines is 1. The molecule has 0 aliphatic heterocycles. The molecule has 1 rings (SSSR count). The Labute approximate surface area is 103 Å². The molecule has 0 amide bonds. The van der Waals surface area contributed by atoms with Gasteiger partial charge < -0.3 is 14.8 Å². The average Bonchev–Trinajstić information content (AvgIpc) is 2.26. The fraction of sp³-hybridized carbons (Fsp3) is 0.667. The van der Waals surface area contributed by atoms with E-state index in [-0.39, 0.29) is 6.10 Å². The van der Waals surface area contributed by atoms with Crippen molar-refractivity contribution < 1.29 is 9.47 Å². The van der Waals surface area contributed by atoms with Crippen molar-refractivity contribution in [3.63, 3.8) is 0 Å². The Kier molecular flexibility index (Phi) is 5.69. The van der Waals surface area contributed by atoms with Gasteiger partial charge in [0.1, 0.15) is 0 Å². The van der Waals surface area contributed by atoms with Crippen LogP contribution in [0.1, 0.15) is 20.8 Å². The average molecular weight is 239 g/mol. The molecule has 0 radical (unpaired) electrons. The first kappa shape index (κ1) is 13.7. The van der Waals surface area contributed by atoms with E-state index in [2.05, 4.69) is 22.2 Å². The van der Waals surface area contributed by atoms with Gasteiger partial charge in [0, 0.05) is 25.9 Å². The van der Waals surface area contributed by atoms with Crippen molar-refractivity contribution in [3.05, 3.63) is 12.3 Å². The predicted molar refractivity (Wildman–Crippen MR) is 67.3 cm³/mol. The molecule has 1 atom stereocenters. The van der Waals surface area contributed by atoms with E-state index in [1.807, 2.05) is 13.8 Å². The first-order valence-electron chi connectivity index (χ1n) is 5.84. The molecule has 1 aromatic rings. The van der Waals surface area contributed by atoms with E-state index in [1.54, 1.807) is 19.4 Å². The lowest BCUT2D eigenvalue weighted by Gasteiger charge is -2.12. The molecule has 0 spiro atoms. The van der Waals surface area contributed by atoms with E-state index in [0.717, 1.165) is 13.2 Å². The van der Waals surface area contributed by atoms with Crippen molar-refractivity contribution in [2.45, 2.75) is 26.9 Å². The second-order valence-corrected chi connectivity index (χ2v) is 4.33. The van der Waals surface area contributed by atoms with Crippen LogP contribution in [0.5, 0.6) is 5.88 Å². The maximum Gasteiger partial charge on any atom is 0.225 e. The number of aromatic nitrogens is 2. The maximum atomic E-state index is 5.49. The highest BCUT2D eigenvalue weighted by atomic mass is 16.5. The van der Waals surface area contributed by atoms with Gasteiger partial charge >= 0.3 is 0 Å². The molecule has 1 N–H and O–H groups in total. The van der Waals surface area contributed by atoms with E-state index in [4.69, 9.17) is 9.47 Å². The molecule has 1 aromatic heterocycles. The van der Waals surface area contributed by atoms with Gasteiger partial charge in [-0.1, -0.05) is 6.92 Å². The first-order chi connectivity index (χ1) is 8.11. The highest BCUT2D eigenvalue weighted by molar-refractivity contribution is 5.27. The van der Waals surface area contributed by atoms with Crippen molar-refractivity contribution in [3.8, 4) is 5.88 Å². The molecule has 5 nitrogen and oxygen atoms in total. The number of hydrogen-bond donors (Lipinski definition) is 1. The molecule has 0 bridgehead atoms. The maximum absolute atomic E-state index is 5.49. The van der Waals surface area contributed by atoms with Gasteiger partial charge in [-0.05, 0) is 19.8 Å². The Morgan fingerprint density at radius 1 is 1.35 bits per heavy atom. The van der Waals surface area contributed by atoms with Crippen LogP contribution in [-0.2, 0) is 4.74 Å². The van der Waals surface area contributed by atoms with Gasteiger partial charge in [-0.3, -0.25) is 0 Å². The molecule has 0 aromatic carbocycles. The number of nitrogens with one attached hydrogen (secondary N) is 1. The Balaban J connectivity index is 2.48. The summed E-state index contributed by atoms with van der Waals surface area (Å²) in [6.45, 7) is 7.53. The second kappa shape index (κ2) is 7.06. The third-order valence-corrected chi connectivity index (χ3v) is 2.05. The van der Waals surface area contributed by atoms with Gasteiger partial charge in [-0.15, -0.1) is 0 Å². The van der Waals surface area contributed by atoms with E-state index in [1.165, 1.54) is 0 Å². The normalized spacial score (nSPS) is 12.5. The number of hydrogen-bond acceptors (Lipinski definition) is 5. The minimum absolute atomic E-state index is 0.116. The number of rotatable bonds is 7. The van der Waals surface area contributed by atoms with Gasteiger partial charge in [0.05, 0.1) is 12.7 Å². The molecule has 0 saturated carbocycles. The van der Waals surface area contributed by atoms with Crippen molar-refractivity contribution >= 4 is 5.95 Å². The summed E-state index contributed by atoms with van der Waals surface area (Å²) in [7, 11) is 1.70.